The predicted octanol–water partition coefficient (Wildman–Crippen LogP) is 1.78. The number of nitrogens with zero attached hydrogens (tertiary/aromatic N) is 1. The van der Waals surface area contributed by atoms with Crippen molar-refractivity contribution in [1.82, 2.24) is 15.5 Å². The fourth-order valence-corrected chi connectivity index (χ4v) is 4.17. The zero-order valence-electron chi connectivity index (χ0n) is 17.5. The smallest absolute Gasteiger partial charge is 0.327 e. The van der Waals surface area contributed by atoms with Crippen LogP contribution in [0.15, 0.2) is 30.3 Å². The molecule has 30 heavy (non-hydrogen) atoms. The van der Waals surface area contributed by atoms with Crippen molar-refractivity contribution in [2.24, 2.45) is 5.92 Å². The normalized spacial score (nSPS) is 24.5. The highest BCUT2D eigenvalue weighted by Crippen LogP contribution is 2.38. The monoisotopic (exact) mass is 415 g/mol. The van der Waals surface area contributed by atoms with Crippen molar-refractivity contribution in [3.63, 3.8) is 0 Å². The van der Waals surface area contributed by atoms with E-state index < -0.39 is 36.1 Å². The van der Waals surface area contributed by atoms with Gasteiger partial charge in [0, 0.05) is 6.54 Å². The Kier molecular flexibility index (Phi) is 6.74. The molecule has 2 aliphatic rings. The highest BCUT2D eigenvalue weighted by Gasteiger charge is 2.55. The minimum absolute atomic E-state index is 0.0121. The van der Waals surface area contributed by atoms with Gasteiger partial charge in [0.05, 0.1) is 0 Å². The molecule has 1 aromatic carbocycles. The van der Waals surface area contributed by atoms with E-state index in [0.29, 0.717) is 19.4 Å². The van der Waals surface area contributed by atoms with Crippen LogP contribution in [0.1, 0.15) is 45.1 Å². The van der Waals surface area contributed by atoms with E-state index in [-0.39, 0.29) is 11.8 Å². The van der Waals surface area contributed by atoms with Crippen molar-refractivity contribution < 1.29 is 23.9 Å². The second-order valence-electron chi connectivity index (χ2n) is 8.10. The summed E-state index contributed by atoms with van der Waals surface area (Å²) in [6.45, 7) is 3.33. The van der Waals surface area contributed by atoms with Crippen LogP contribution in [-0.2, 0) is 25.5 Å². The van der Waals surface area contributed by atoms with Gasteiger partial charge in [0.15, 0.2) is 6.10 Å². The van der Waals surface area contributed by atoms with Gasteiger partial charge in [-0.15, -0.1) is 0 Å². The van der Waals surface area contributed by atoms with E-state index in [2.05, 4.69) is 10.6 Å². The third-order valence-corrected chi connectivity index (χ3v) is 6.02. The maximum atomic E-state index is 12.9. The lowest BCUT2D eigenvalue weighted by atomic mass is 9.73. The first-order chi connectivity index (χ1) is 14.3. The Morgan fingerprint density at radius 2 is 2.00 bits per heavy atom. The van der Waals surface area contributed by atoms with Crippen molar-refractivity contribution in [3.8, 4) is 0 Å². The molecule has 1 aliphatic heterocycles. The summed E-state index contributed by atoms with van der Waals surface area (Å²) in [7, 11) is 0. The number of benzene rings is 1. The van der Waals surface area contributed by atoms with E-state index in [1.165, 1.54) is 6.92 Å². The van der Waals surface area contributed by atoms with E-state index >= 15 is 0 Å². The number of nitrogens with one attached hydrogen (secondary N) is 2. The first-order valence-corrected chi connectivity index (χ1v) is 10.5. The summed E-state index contributed by atoms with van der Waals surface area (Å²) < 4.78 is 5.15. The topological polar surface area (TPSA) is 105 Å². The largest absolute Gasteiger partial charge is 0.451 e. The number of imide groups is 1. The first-order valence-electron chi connectivity index (χ1n) is 10.5. The number of urea groups is 1. The third-order valence-electron chi connectivity index (χ3n) is 6.02. The first kappa shape index (κ1) is 21.8. The number of amides is 4. The van der Waals surface area contributed by atoms with Gasteiger partial charge >= 0.3 is 12.0 Å². The number of carbonyl (C=O) groups is 4. The molecular formula is C22H29N3O5. The number of hydrogen-bond donors (Lipinski definition) is 2. The summed E-state index contributed by atoms with van der Waals surface area (Å²) in [5.41, 5.74) is 0.169. The quantitative estimate of drug-likeness (QED) is 0.522. The third kappa shape index (κ3) is 4.63. The zero-order valence-corrected chi connectivity index (χ0v) is 17.5. The molecule has 0 aromatic heterocycles. The number of esters is 1. The lowest BCUT2D eigenvalue weighted by Crippen LogP contribution is -2.54. The Labute approximate surface area is 176 Å². The summed E-state index contributed by atoms with van der Waals surface area (Å²) in [6, 6.07) is 9.13. The maximum absolute atomic E-state index is 12.9. The average Bonchev–Trinajstić information content (AvgIpc) is 2.96. The molecule has 1 aliphatic carbocycles. The van der Waals surface area contributed by atoms with Gasteiger partial charge in [-0.2, -0.15) is 0 Å². The van der Waals surface area contributed by atoms with Crippen LogP contribution < -0.4 is 10.6 Å². The zero-order chi connectivity index (χ0) is 21.7. The van der Waals surface area contributed by atoms with E-state index in [1.54, 1.807) is 0 Å². The van der Waals surface area contributed by atoms with Gasteiger partial charge in [-0.3, -0.25) is 19.3 Å². The molecule has 4 amide bonds. The SMILES string of the molecule is C[C@H](OC(=O)CN1C(=O)N[C@]2(CCCC[C@@H]2C)C1=O)C(=O)NCCc1ccccc1. The van der Waals surface area contributed by atoms with E-state index in [1.807, 2.05) is 37.3 Å². The molecule has 0 radical (unpaired) electrons. The Hall–Kier alpha value is -2.90. The fraction of sp³-hybridized carbons (Fsp3) is 0.545. The summed E-state index contributed by atoms with van der Waals surface area (Å²) in [5, 5.41) is 5.52. The van der Waals surface area contributed by atoms with Crippen molar-refractivity contribution in [1.29, 1.82) is 0 Å². The molecule has 2 fully saturated rings. The molecule has 0 unspecified atom stereocenters. The van der Waals surface area contributed by atoms with Crippen molar-refractivity contribution >= 4 is 23.8 Å². The minimum Gasteiger partial charge on any atom is -0.451 e. The molecule has 8 nitrogen and oxygen atoms in total. The number of rotatable bonds is 7. The van der Waals surface area contributed by atoms with Gasteiger partial charge in [0.2, 0.25) is 0 Å². The number of ether oxygens (including phenoxy) is 1. The lowest BCUT2D eigenvalue weighted by Gasteiger charge is -2.36. The van der Waals surface area contributed by atoms with E-state index in [4.69, 9.17) is 4.74 Å². The molecular weight excluding hydrogens is 386 g/mol. The molecule has 3 rings (SSSR count). The van der Waals surface area contributed by atoms with Crippen LogP contribution >= 0.6 is 0 Å². The molecule has 2 N–H and O–H groups in total. The van der Waals surface area contributed by atoms with Gasteiger partial charge in [-0.1, -0.05) is 50.1 Å². The highest BCUT2D eigenvalue weighted by atomic mass is 16.5. The molecule has 0 bridgehead atoms. The van der Waals surface area contributed by atoms with Crippen LogP contribution in [0.5, 0.6) is 0 Å². The Morgan fingerprint density at radius 3 is 2.70 bits per heavy atom. The number of carbonyl (C=O) groups excluding carboxylic acids is 4. The maximum Gasteiger partial charge on any atom is 0.327 e. The summed E-state index contributed by atoms with van der Waals surface area (Å²) in [6.07, 6.45) is 2.95. The molecule has 8 heteroatoms. The number of hydrogen-bond acceptors (Lipinski definition) is 5. The minimum atomic E-state index is -1.02. The van der Waals surface area contributed by atoms with Crippen molar-refractivity contribution in [3.05, 3.63) is 35.9 Å². The molecule has 1 heterocycles. The van der Waals surface area contributed by atoms with Crippen LogP contribution in [0.4, 0.5) is 4.79 Å². The van der Waals surface area contributed by atoms with Crippen LogP contribution in [0, 0.1) is 5.92 Å². The second-order valence-corrected chi connectivity index (χ2v) is 8.10. The molecule has 162 valence electrons. The second kappa shape index (κ2) is 9.28. The highest BCUT2D eigenvalue weighted by molar-refractivity contribution is 6.09. The standard InChI is InChI=1S/C22H29N3O5/c1-15-8-6-7-12-22(15)20(28)25(21(29)24-22)14-18(26)30-16(2)19(27)23-13-11-17-9-4-3-5-10-17/h3-5,9-10,15-16H,6-8,11-14H2,1-2H3,(H,23,27)(H,24,29)/t15-,16-,22-/m0/s1. The van der Waals surface area contributed by atoms with E-state index in [9.17, 15) is 19.2 Å². The van der Waals surface area contributed by atoms with Crippen LogP contribution in [0.3, 0.4) is 0 Å². The van der Waals surface area contributed by atoms with Crippen LogP contribution in [0.2, 0.25) is 0 Å². The molecule has 1 saturated heterocycles. The molecule has 1 aromatic rings. The predicted molar refractivity (Wildman–Crippen MR) is 109 cm³/mol. The van der Waals surface area contributed by atoms with Crippen LogP contribution in [0.25, 0.3) is 0 Å². The van der Waals surface area contributed by atoms with Gasteiger partial charge in [0.25, 0.3) is 11.8 Å². The van der Waals surface area contributed by atoms with Gasteiger partial charge < -0.3 is 15.4 Å². The summed E-state index contributed by atoms with van der Waals surface area (Å²) in [4.78, 5) is 50.6. The van der Waals surface area contributed by atoms with Gasteiger partial charge in [-0.05, 0) is 37.7 Å². The molecule has 1 saturated carbocycles. The van der Waals surface area contributed by atoms with Gasteiger partial charge in [-0.25, -0.2) is 4.79 Å². The fourth-order valence-electron chi connectivity index (χ4n) is 4.17. The molecule has 3 atom stereocenters. The summed E-state index contributed by atoms with van der Waals surface area (Å²) in [5.74, 6) is -1.58. The van der Waals surface area contributed by atoms with E-state index in [0.717, 1.165) is 29.7 Å². The Balaban J connectivity index is 1.48. The molecule has 1 spiro atoms. The Morgan fingerprint density at radius 1 is 1.27 bits per heavy atom. The Bertz CT molecular complexity index is 812. The van der Waals surface area contributed by atoms with Gasteiger partial charge in [0.1, 0.15) is 12.1 Å². The van der Waals surface area contributed by atoms with Crippen molar-refractivity contribution in [2.45, 2.75) is 57.6 Å². The lowest BCUT2D eigenvalue weighted by molar-refractivity contribution is -0.157. The van der Waals surface area contributed by atoms with Crippen LogP contribution in [-0.4, -0.2) is 53.4 Å². The average molecular weight is 415 g/mol. The van der Waals surface area contributed by atoms with Crippen molar-refractivity contribution in [2.75, 3.05) is 13.1 Å². The summed E-state index contributed by atoms with van der Waals surface area (Å²) >= 11 is 0.